The molecule has 1 aromatic rings. The molecular formula is C13H23N3S. The van der Waals surface area contributed by atoms with E-state index in [9.17, 15) is 0 Å². The first-order valence-corrected chi connectivity index (χ1v) is 6.86. The van der Waals surface area contributed by atoms with Gasteiger partial charge in [-0.3, -0.25) is 0 Å². The average molecular weight is 253 g/mol. The molecule has 0 aliphatic rings. The van der Waals surface area contributed by atoms with E-state index in [0.717, 1.165) is 24.6 Å². The van der Waals surface area contributed by atoms with E-state index in [1.54, 1.807) is 0 Å². The van der Waals surface area contributed by atoms with Gasteiger partial charge in [-0.05, 0) is 12.3 Å². The van der Waals surface area contributed by atoms with Crippen molar-refractivity contribution in [2.24, 2.45) is 5.92 Å². The van der Waals surface area contributed by atoms with Gasteiger partial charge in [0.05, 0.1) is 0 Å². The van der Waals surface area contributed by atoms with Crippen molar-refractivity contribution in [2.75, 3.05) is 11.9 Å². The molecule has 0 unspecified atom stereocenters. The van der Waals surface area contributed by atoms with Gasteiger partial charge in [0.1, 0.15) is 16.3 Å². The van der Waals surface area contributed by atoms with Crippen LogP contribution in [0, 0.1) is 10.6 Å². The van der Waals surface area contributed by atoms with Crippen molar-refractivity contribution in [3.05, 3.63) is 16.5 Å². The summed E-state index contributed by atoms with van der Waals surface area (Å²) >= 11 is 5.17. The van der Waals surface area contributed by atoms with Gasteiger partial charge in [0.2, 0.25) is 0 Å². The second kappa shape index (κ2) is 7.43. The molecule has 3 nitrogen and oxygen atoms in total. The summed E-state index contributed by atoms with van der Waals surface area (Å²) in [4.78, 5) is 7.64. The molecule has 17 heavy (non-hydrogen) atoms. The maximum Gasteiger partial charge on any atom is 0.131 e. The average Bonchev–Trinajstić information content (AvgIpc) is 2.22. The predicted octanol–water partition coefficient (Wildman–Crippen LogP) is 3.94. The molecule has 2 N–H and O–H groups in total. The summed E-state index contributed by atoms with van der Waals surface area (Å²) in [5.41, 5.74) is 0. The molecule has 0 radical (unpaired) electrons. The van der Waals surface area contributed by atoms with Crippen LogP contribution in [0.2, 0.25) is 0 Å². The maximum absolute atomic E-state index is 5.17. The number of hydrogen-bond donors (Lipinski definition) is 2. The number of nitrogens with one attached hydrogen (secondary N) is 2. The van der Waals surface area contributed by atoms with E-state index in [0.29, 0.717) is 10.6 Å². The minimum absolute atomic E-state index is 0.587. The molecule has 0 aliphatic carbocycles. The fourth-order valence-corrected chi connectivity index (χ4v) is 1.91. The number of unbranched alkanes of at least 4 members (excludes halogenated alkanes) is 2. The Balaban J connectivity index is 2.59. The standard InChI is InChI=1S/C13H23N3S/c1-4-5-6-7-14-11-9-13(17)16-12(15-11)8-10(2)3/h9-10H,4-8H2,1-3H3,(H2,14,15,16,17). The lowest BCUT2D eigenvalue weighted by molar-refractivity contribution is 0.620. The molecule has 0 aromatic carbocycles. The number of H-pyrrole nitrogens is 1. The smallest absolute Gasteiger partial charge is 0.131 e. The molecule has 0 amide bonds. The number of hydrogen-bond acceptors (Lipinski definition) is 3. The van der Waals surface area contributed by atoms with Crippen LogP contribution in [-0.4, -0.2) is 16.5 Å². The summed E-state index contributed by atoms with van der Waals surface area (Å²) in [7, 11) is 0. The summed E-state index contributed by atoms with van der Waals surface area (Å²) in [6.45, 7) is 7.56. The van der Waals surface area contributed by atoms with Gasteiger partial charge in [-0.25, -0.2) is 4.98 Å². The first kappa shape index (κ1) is 14.2. The third-order valence-corrected chi connectivity index (χ3v) is 2.70. The van der Waals surface area contributed by atoms with Crippen LogP contribution in [-0.2, 0) is 6.42 Å². The van der Waals surface area contributed by atoms with Crippen molar-refractivity contribution < 1.29 is 0 Å². The van der Waals surface area contributed by atoms with E-state index in [1.165, 1.54) is 19.3 Å². The lowest BCUT2D eigenvalue weighted by Gasteiger charge is -2.09. The van der Waals surface area contributed by atoms with E-state index in [4.69, 9.17) is 12.2 Å². The first-order chi connectivity index (χ1) is 8.11. The Morgan fingerprint density at radius 2 is 2.18 bits per heavy atom. The SMILES string of the molecule is CCCCCNc1cc(=S)nc(CC(C)C)[nH]1. The quantitative estimate of drug-likeness (QED) is 0.571. The topological polar surface area (TPSA) is 40.7 Å². The summed E-state index contributed by atoms with van der Waals surface area (Å²) < 4.78 is 0.664. The molecular weight excluding hydrogens is 230 g/mol. The zero-order valence-corrected chi connectivity index (χ0v) is 11.9. The molecule has 0 saturated carbocycles. The molecule has 0 spiro atoms. The zero-order valence-electron chi connectivity index (χ0n) is 11.0. The van der Waals surface area contributed by atoms with Crippen LogP contribution in [0.1, 0.15) is 45.9 Å². The van der Waals surface area contributed by atoms with Crippen molar-refractivity contribution in [1.29, 1.82) is 0 Å². The van der Waals surface area contributed by atoms with Gasteiger partial charge >= 0.3 is 0 Å². The third-order valence-electron chi connectivity index (χ3n) is 2.49. The van der Waals surface area contributed by atoms with E-state index >= 15 is 0 Å². The minimum Gasteiger partial charge on any atom is -0.372 e. The summed E-state index contributed by atoms with van der Waals surface area (Å²) in [6, 6.07) is 1.89. The van der Waals surface area contributed by atoms with Crippen molar-refractivity contribution >= 4 is 18.0 Å². The zero-order chi connectivity index (χ0) is 12.7. The number of rotatable bonds is 7. The van der Waals surface area contributed by atoms with Gasteiger partial charge in [0.25, 0.3) is 0 Å². The Morgan fingerprint density at radius 1 is 1.41 bits per heavy atom. The van der Waals surface area contributed by atoms with Crippen LogP contribution in [0.25, 0.3) is 0 Å². The van der Waals surface area contributed by atoms with Gasteiger partial charge in [0, 0.05) is 19.0 Å². The lowest BCUT2D eigenvalue weighted by Crippen LogP contribution is -2.07. The van der Waals surface area contributed by atoms with Crippen LogP contribution in [0.5, 0.6) is 0 Å². The normalized spacial score (nSPS) is 10.8. The molecule has 0 bridgehead atoms. The van der Waals surface area contributed by atoms with Crippen LogP contribution < -0.4 is 5.32 Å². The van der Waals surface area contributed by atoms with Gasteiger partial charge in [-0.15, -0.1) is 0 Å². The van der Waals surface area contributed by atoms with Gasteiger partial charge in [0.15, 0.2) is 0 Å². The molecule has 1 heterocycles. The highest BCUT2D eigenvalue weighted by Gasteiger charge is 2.01. The highest BCUT2D eigenvalue weighted by Crippen LogP contribution is 2.08. The van der Waals surface area contributed by atoms with Gasteiger partial charge < -0.3 is 10.3 Å². The maximum atomic E-state index is 5.17. The summed E-state index contributed by atoms with van der Waals surface area (Å²) in [5.74, 6) is 2.56. The van der Waals surface area contributed by atoms with Crippen molar-refractivity contribution in [3.8, 4) is 0 Å². The molecule has 0 saturated heterocycles. The fourth-order valence-electron chi connectivity index (χ4n) is 1.68. The number of aromatic amines is 1. The Morgan fingerprint density at radius 3 is 2.82 bits per heavy atom. The Hall–Kier alpha value is -0.900. The highest BCUT2D eigenvalue weighted by molar-refractivity contribution is 7.71. The van der Waals surface area contributed by atoms with E-state index in [1.807, 2.05) is 6.07 Å². The molecule has 0 aliphatic heterocycles. The van der Waals surface area contributed by atoms with Gasteiger partial charge in [-0.1, -0.05) is 45.8 Å². The largest absolute Gasteiger partial charge is 0.372 e. The second-order valence-corrected chi connectivity index (χ2v) is 5.23. The van der Waals surface area contributed by atoms with E-state index < -0.39 is 0 Å². The highest BCUT2D eigenvalue weighted by atomic mass is 32.1. The van der Waals surface area contributed by atoms with E-state index in [-0.39, 0.29) is 0 Å². The molecule has 96 valence electrons. The first-order valence-electron chi connectivity index (χ1n) is 6.46. The lowest BCUT2D eigenvalue weighted by atomic mass is 10.1. The minimum atomic E-state index is 0.587. The molecule has 1 aromatic heterocycles. The molecule has 0 fully saturated rings. The summed E-state index contributed by atoms with van der Waals surface area (Å²) in [6.07, 6.45) is 4.64. The van der Waals surface area contributed by atoms with Crippen molar-refractivity contribution in [2.45, 2.75) is 46.5 Å². The Kier molecular flexibility index (Phi) is 6.19. The second-order valence-electron chi connectivity index (χ2n) is 4.81. The molecule has 4 heteroatoms. The van der Waals surface area contributed by atoms with Gasteiger partial charge in [-0.2, -0.15) is 0 Å². The van der Waals surface area contributed by atoms with E-state index in [2.05, 4.69) is 36.1 Å². The van der Waals surface area contributed by atoms with Crippen LogP contribution >= 0.6 is 12.2 Å². The number of aromatic nitrogens is 2. The Bertz CT molecular complexity index is 384. The number of nitrogens with zero attached hydrogens (tertiary/aromatic N) is 1. The van der Waals surface area contributed by atoms with Crippen molar-refractivity contribution in [1.82, 2.24) is 9.97 Å². The van der Waals surface area contributed by atoms with Crippen LogP contribution in [0.4, 0.5) is 5.82 Å². The van der Waals surface area contributed by atoms with Crippen LogP contribution in [0.15, 0.2) is 6.07 Å². The predicted molar refractivity (Wildman–Crippen MR) is 76.0 cm³/mol. The summed E-state index contributed by atoms with van der Waals surface area (Å²) in [5, 5.41) is 3.37. The number of anilines is 1. The third kappa shape index (κ3) is 5.82. The molecule has 0 atom stereocenters. The van der Waals surface area contributed by atoms with Crippen molar-refractivity contribution in [3.63, 3.8) is 0 Å². The monoisotopic (exact) mass is 253 g/mol. The Labute approximate surface area is 109 Å². The fraction of sp³-hybridized carbons (Fsp3) is 0.692. The molecule has 1 rings (SSSR count). The van der Waals surface area contributed by atoms with Crippen LogP contribution in [0.3, 0.4) is 0 Å².